The van der Waals surface area contributed by atoms with Crippen LogP contribution in [-0.4, -0.2) is 16.5 Å². The zero-order valence-corrected chi connectivity index (χ0v) is 11.2. The first-order valence-electron chi connectivity index (χ1n) is 6.16. The molecule has 5 nitrogen and oxygen atoms in total. The van der Waals surface area contributed by atoms with Gasteiger partial charge < -0.3 is 10.5 Å². The predicted octanol–water partition coefficient (Wildman–Crippen LogP) is 1.76. The highest BCUT2D eigenvalue weighted by Crippen LogP contribution is 2.16. The molecule has 0 aliphatic carbocycles. The van der Waals surface area contributed by atoms with Gasteiger partial charge in [0.25, 0.3) is 5.56 Å². The minimum absolute atomic E-state index is 0.0974. The number of hydrogen-bond acceptors (Lipinski definition) is 3. The second-order valence-electron chi connectivity index (χ2n) is 4.32. The molecule has 0 aromatic carbocycles. The van der Waals surface area contributed by atoms with Gasteiger partial charge in [0, 0.05) is 13.7 Å². The number of ether oxygens (including phenoxy) is 1. The molecule has 0 saturated heterocycles. The van der Waals surface area contributed by atoms with E-state index in [0.717, 1.165) is 25.1 Å². The van der Waals surface area contributed by atoms with Gasteiger partial charge in [0.2, 0.25) is 0 Å². The number of aromatic nitrogens is 2. The Hall–Kier alpha value is -1.23. The fourth-order valence-electron chi connectivity index (χ4n) is 1.98. The van der Waals surface area contributed by atoms with Crippen molar-refractivity contribution in [3.63, 3.8) is 0 Å². The molecule has 0 amide bonds. The van der Waals surface area contributed by atoms with Gasteiger partial charge in [-0.05, 0) is 19.8 Å². The Labute approximate surface area is 102 Å². The summed E-state index contributed by atoms with van der Waals surface area (Å²) in [6.45, 7) is 7.34. The molecule has 0 bridgehead atoms. The third-order valence-corrected chi connectivity index (χ3v) is 3.05. The molecule has 1 atom stereocenters. The Morgan fingerprint density at radius 1 is 1.41 bits per heavy atom. The minimum atomic E-state index is -0.0974. The molecule has 98 valence electrons. The van der Waals surface area contributed by atoms with E-state index in [1.54, 1.807) is 11.8 Å². The van der Waals surface area contributed by atoms with Crippen LogP contribution in [0.3, 0.4) is 0 Å². The molecule has 1 aromatic heterocycles. The van der Waals surface area contributed by atoms with Gasteiger partial charge in [-0.15, -0.1) is 0 Å². The van der Waals surface area contributed by atoms with Gasteiger partial charge in [-0.2, -0.15) is 0 Å². The van der Waals surface area contributed by atoms with Crippen molar-refractivity contribution < 1.29 is 4.74 Å². The first-order chi connectivity index (χ1) is 8.08. The first-order valence-corrected chi connectivity index (χ1v) is 6.16. The number of methoxy groups -OCH3 is 1. The van der Waals surface area contributed by atoms with Crippen molar-refractivity contribution in [2.45, 2.75) is 52.8 Å². The van der Waals surface area contributed by atoms with Crippen LogP contribution in [0.5, 0.6) is 0 Å². The summed E-state index contributed by atoms with van der Waals surface area (Å²) in [5.41, 5.74) is 6.89. The Morgan fingerprint density at radius 2 is 2.06 bits per heavy atom. The van der Waals surface area contributed by atoms with Crippen LogP contribution in [0, 0.1) is 0 Å². The second kappa shape index (κ2) is 5.91. The molecule has 17 heavy (non-hydrogen) atoms. The van der Waals surface area contributed by atoms with E-state index in [-0.39, 0.29) is 11.6 Å². The Kier molecular flexibility index (Phi) is 4.81. The summed E-state index contributed by atoms with van der Waals surface area (Å²) in [4.78, 5) is 12.1. The summed E-state index contributed by atoms with van der Waals surface area (Å²) in [5.74, 6) is 0. The van der Waals surface area contributed by atoms with Crippen molar-refractivity contribution in [2.75, 3.05) is 12.8 Å². The van der Waals surface area contributed by atoms with E-state index in [1.807, 2.05) is 11.6 Å². The summed E-state index contributed by atoms with van der Waals surface area (Å²) in [6, 6.07) is 0.155. The number of nitrogens with zero attached hydrogens (tertiary/aromatic N) is 2. The normalized spacial score (nSPS) is 12.9. The van der Waals surface area contributed by atoms with Crippen molar-refractivity contribution in [2.24, 2.45) is 0 Å². The fraction of sp³-hybridized carbons (Fsp3) is 0.750. The monoisotopic (exact) mass is 241 g/mol. The van der Waals surface area contributed by atoms with Crippen LogP contribution in [-0.2, 0) is 17.9 Å². The van der Waals surface area contributed by atoms with Crippen LogP contribution < -0.4 is 11.3 Å². The number of hydrogen-bond donors (Lipinski definition) is 1. The van der Waals surface area contributed by atoms with Crippen LogP contribution in [0.4, 0.5) is 5.69 Å². The standard InChI is InChI=1S/C12H23N3O2/c1-5-7-14-10(8-17-4)11(13)12(16)15(14)9(3)6-2/h9H,5-8,13H2,1-4H3. The molecule has 0 aliphatic rings. The lowest BCUT2D eigenvalue weighted by Crippen LogP contribution is -2.27. The van der Waals surface area contributed by atoms with Gasteiger partial charge in [0.1, 0.15) is 5.69 Å². The molecule has 5 heteroatoms. The molecule has 1 heterocycles. The van der Waals surface area contributed by atoms with Crippen LogP contribution >= 0.6 is 0 Å². The molecular formula is C12H23N3O2. The third-order valence-electron chi connectivity index (χ3n) is 3.05. The molecule has 0 fully saturated rings. The first kappa shape index (κ1) is 13.8. The van der Waals surface area contributed by atoms with Crippen LogP contribution in [0.25, 0.3) is 0 Å². The number of anilines is 1. The lowest BCUT2D eigenvalue weighted by atomic mass is 10.3. The lowest BCUT2D eigenvalue weighted by molar-refractivity contribution is 0.173. The molecule has 0 radical (unpaired) electrons. The fourth-order valence-corrected chi connectivity index (χ4v) is 1.98. The lowest BCUT2D eigenvalue weighted by Gasteiger charge is -2.18. The SMILES string of the molecule is CCCn1c(COC)c(N)c(=O)n1C(C)CC. The van der Waals surface area contributed by atoms with Gasteiger partial charge >= 0.3 is 0 Å². The summed E-state index contributed by atoms with van der Waals surface area (Å²) in [7, 11) is 1.61. The van der Waals surface area contributed by atoms with Crippen LogP contribution in [0.15, 0.2) is 4.79 Å². The molecule has 1 unspecified atom stereocenters. The topological polar surface area (TPSA) is 62.2 Å². The Balaban J connectivity index is 3.36. The van der Waals surface area contributed by atoms with E-state index < -0.39 is 0 Å². The quantitative estimate of drug-likeness (QED) is 0.825. The average Bonchev–Trinajstić information content (AvgIpc) is 2.54. The van der Waals surface area contributed by atoms with Crippen molar-refractivity contribution in [1.29, 1.82) is 0 Å². The van der Waals surface area contributed by atoms with Crippen molar-refractivity contribution in [3.8, 4) is 0 Å². The van der Waals surface area contributed by atoms with E-state index in [1.165, 1.54) is 0 Å². The van der Waals surface area contributed by atoms with E-state index in [0.29, 0.717) is 12.3 Å². The molecular weight excluding hydrogens is 218 g/mol. The van der Waals surface area contributed by atoms with Crippen LogP contribution in [0.2, 0.25) is 0 Å². The van der Waals surface area contributed by atoms with E-state index in [2.05, 4.69) is 13.8 Å². The molecule has 0 spiro atoms. The maximum Gasteiger partial charge on any atom is 0.290 e. The van der Waals surface area contributed by atoms with Gasteiger partial charge in [-0.1, -0.05) is 13.8 Å². The smallest absolute Gasteiger partial charge is 0.290 e. The summed E-state index contributed by atoms with van der Waals surface area (Å²) < 4.78 is 8.85. The third kappa shape index (κ3) is 2.54. The van der Waals surface area contributed by atoms with Crippen molar-refractivity contribution in [1.82, 2.24) is 9.36 Å². The molecule has 2 N–H and O–H groups in total. The van der Waals surface area contributed by atoms with Gasteiger partial charge in [0.15, 0.2) is 0 Å². The minimum Gasteiger partial charge on any atom is -0.393 e. The highest BCUT2D eigenvalue weighted by atomic mass is 16.5. The van der Waals surface area contributed by atoms with E-state index in [4.69, 9.17) is 10.5 Å². The summed E-state index contributed by atoms with van der Waals surface area (Å²) >= 11 is 0. The highest BCUT2D eigenvalue weighted by Gasteiger charge is 2.19. The van der Waals surface area contributed by atoms with Crippen LogP contribution in [0.1, 0.15) is 45.3 Å². The van der Waals surface area contributed by atoms with Gasteiger partial charge in [-0.25, -0.2) is 4.68 Å². The zero-order valence-electron chi connectivity index (χ0n) is 11.2. The zero-order chi connectivity index (χ0) is 13.0. The molecule has 0 aliphatic heterocycles. The van der Waals surface area contributed by atoms with E-state index >= 15 is 0 Å². The van der Waals surface area contributed by atoms with Gasteiger partial charge in [-0.3, -0.25) is 9.48 Å². The molecule has 1 rings (SSSR count). The Bertz CT molecular complexity index is 420. The number of nitrogens with two attached hydrogens (primary N) is 1. The van der Waals surface area contributed by atoms with Crippen molar-refractivity contribution >= 4 is 5.69 Å². The number of nitrogen functional groups attached to an aromatic ring is 1. The van der Waals surface area contributed by atoms with Crippen molar-refractivity contribution in [3.05, 3.63) is 16.0 Å². The summed E-state index contributed by atoms with van der Waals surface area (Å²) in [6.07, 6.45) is 1.86. The molecule has 0 saturated carbocycles. The largest absolute Gasteiger partial charge is 0.393 e. The summed E-state index contributed by atoms with van der Waals surface area (Å²) in [5, 5.41) is 0. The second-order valence-corrected chi connectivity index (χ2v) is 4.32. The average molecular weight is 241 g/mol. The predicted molar refractivity (Wildman–Crippen MR) is 69.1 cm³/mol. The Morgan fingerprint density at radius 3 is 2.53 bits per heavy atom. The maximum atomic E-state index is 12.1. The van der Waals surface area contributed by atoms with E-state index in [9.17, 15) is 4.79 Å². The molecule has 1 aromatic rings. The highest BCUT2D eigenvalue weighted by molar-refractivity contribution is 5.41. The number of rotatable bonds is 6. The van der Waals surface area contributed by atoms with Gasteiger partial charge in [0.05, 0.1) is 18.3 Å². The maximum absolute atomic E-state index is 12.1.